The second-order valence-electron chi connectivity index (χ2n) is 10.2. The van der Waals surface area contributed by atoms with Crippen LogP contribution < -0.4 is 4.74 Å². The summed E-state index contributed by atoms with van der Waals surface area (Å²) >= 11 is 0. The molecule has 0 saturated carbocycles. The minimum atomic E-state index is -0.494. The fourth-order valence-electron chi connectivity index (χ4n) is 5.83. The minimum Gasteiger partial charge on any atom is -0.493 e. The van der Waals surface area contributed by atoms with Crippen LogP contribution in [0.4, 0.5) is 0 Å². The van der Waals surface area contributed by atoms with Crippen LogP contribution in [0.5, 0.6) is 5.75 Å². The van der Waals surface area contributed by atoms with Crippen molar-refractivity contribution in [2.24, 2.45) is 5.92 Å². The van der Waals surface area contributed by atoms with Crippen molar-refractivity contribution in [1.82, 2.24) is 4.90 Å². The average molecular weight is 478 g/mol. The van der Waals surface area contributed by atoms with E-state index in [0.29, 0.717) is 55.4 Å². The first kappa shape index (κ1) is 24.0. The van der Waals surface area contributed by atoms with Crippen LogP contribution in [0.25, 0.3) is 0 Å². The Bertz CT molecular complexity index is 1060. The molecule has 1 N–H and O–H groups in total. The Morgan fingerprint density at radius 1 is 1.14 bits per heavy atom. The van der Waals surface area contributed by atoms with E-state index in [1.54, 1.807) is 18.2 Å². The van der Waals surface area contributed by atoms with Crippen LogP contribution in [0.1, 0.15) is 70.9 Å². The highest BCUT2D eigenvalue weighted by Gasteiger charge is 2.41. The number of amides is 1. The zero-order valence-electron chi connectivity index (χ0n) is 20.4. The summed E-state index contributed by atoms with van der Waals surface area (Å²) in [4.78, 5) is 27.9. The summed E-state index contributed by atoms with van der Waals surface area (Å²) < 4.78 is 11.4. The summed E-state index contributed by atoms with van der Waals surface area (Å²) in [5.41, 5.74) is 3.87. The van der Waals surface area contributed by atoms with E-state index in [0.717, 1.165) is 25.7 Å². The van der Waals surface area contributed by atoms with Crippen molar-refractivity contribution in [2.45, 2.75) is 70.1 Å². The summed E-state index contributed by atoms with van der Waals surface area (Å²) in [6.45, 7) is 3.50. The monoisotopic (exact) mass is 477 g/mol. The van der Waals surface area contributed by atoms with E-state index >= 15 is 0 Å². The van der Waals surface area contributed by atoms with Crippen LogP contribution >= 0.6 is 0 Å². The number of hydrogen-bond acceptors (Lipinski definition) is 5. The normalized spacial score (nSPS) is 21.8. The molecular formula is C29H35NO5. The number of nitrogens with zero attached hydrogens (tertiary/aromatic N) is 1. The highest BCUT2D eigenvalue weighted by Crippen LogP contribution is 2.32. The lowest BCUT2D eigenvalue weighted by molar-refractivity contribution is 0.0259. The molecule has 0 aromatic heterocycles. The molecule has 0 spiro atoms. The molecular weight excluding hydrogens is 442 g/mol. The molecule has 6 heteroatoms. The van der Waals surface area contributed by atoms with Crippen molar-refractivity contribution in [1.29, 1.82) is 0 Å². The van der Waals surface area contributed by atoms with Crippen LogP contribution in [-0.4, -0.2) is 59.7 Å². The lowest BCUT2D eigenvalue weighted by atomic mass is 9.95. The van der Waals surface area contributed by atoms with Crippen molar-refractivity contribution < 1.29 is 24.2 Å². The molecule has 2 saturated heterocycles. The van der Waals surface area contributed by atoms with Crippen molar-refractivity contribution in [3.63, 3.8) is 0 Å². The third kappa shape index (κ3) is 5.29. The third-order valence-electron chi connectivity index (χ3n) is 7.74. The predicted molar refractivity (Wildman–Crippen MR) is 133 cm³/mol. The van der Waals surface area contributed by atoms with Gasteiger partial charge in [0, 0.05) is 18.5 Å². The number of fused-ring (bicyclic) bond motifs is 3. The number of rotatable bonds is 10. The fraction of sp³-hybridized carbons (Fsp3) is 0.517. The van der Waals surface area contributed by atoms with Crippen LogP contribution in [0.2, 0.25) is 0 Å². The molecule has 1 amide bonds. The third-order valence-corrected chi connectivity index (χ3v) is 7.74. The van der Waals surface area contributed by atoms with Crippen LogP contribution in [0, 0.1) is 5.92 Å². The van der Waals surface area contributed by atoms with E-state index in [1.165, 1.54) is 11.1 Å². The number of carbonyl (C=O) groups is 2. The lowest BCUT2D eigenvalue weighted by Gasteiger charge is -2.27. The Morgan fingerprint density at radius 2 is 1.91 bits per heavy atom. The van der Waals surface area contributed by atoms with Gasteiger partial charge in [0.25, 0.3) is 5.91 Å². The molecule has 5 rings (SSSR count). The summed E-state index contributed by atoms with van der Waals surface area (Å²) in [6, 6.07) is 13.8. The van der Waals surface area contributed by atoms with E-state index in [9.17, 15) is 14.7 Å². The van der Waals surface area contributed by atoms with Gasteiger partial charge in [0.05, 0.1) is 37.0 Å². The number of benzene rings is 2. The zero-order chi connectivity index (χ0) is 24.4. The van der Waals surface area contributed by atoms with E-state index < -0.39 is 6.10 Å². The van der Waals surface area contributed by atoms with Crippen molar-refractivity contribution >= 4 is 11.7 Å². The van der Waals surface area contributed by atoms with Gasteiger partial charge >= 0.3 is 0 Å². The van der Waals surface area contributed by atoms with Gasteiger partial charge in [0.1, 0.15) is 5.75 Å². The van der Waals surface area contributed by atoms with Gasteiger partial charge in [0.2, 0.25) is 0 Å². The van der Waals surface area contributed by atoms with Gasteiger partial charge in [-0.15, -0.1) is 0 Å². The molecule has 0 radical (unpaired) electrons. The molecule has 2 heterocycles. The van der Waals surface area contributed by atoms with Crippen LogP contribution in [0.3, 0.4) is 0 Å². The first-order valence-electron chi connectivity index (χ1n) is 13.0. The SMILES string of the molecule is CCOc1cc(C(=O)N2C[C@H]3C[C@@H]2CO3)ccc1C(=O)CC[C@@H](O)CCC1Cc2ccccc2C1. The molecule has 35 heavy (non-hydrogen) atoms. The van der Waals surface area contributed by atoms with Crippen molar-refractivity contribution in [3.05, 3.63) is 64.7 Å². The van der Waals surface area contributed by atoms with Gasteiger partial charge in [-0.1, -0.05) is 24.3 Å². The van der Waals surface area contributed by atoms with Gasteiger partial charge in [-0.2, -0.15) is 0 Å². The highest BCUT2D eigenvalue weighted by molar-refractivity contribution is 6.01. The lowest BCUT2D eigenvalue weighted by Crippen LogP contribution is -2.41. The summed E-state index contributed by atoms with van der Waals surface area (Å²) in [6.07, 6.45) is 5.07. The Balaban J connectivity index is 1.14. The van der Waals surface area contributed by atoms with E-state index in [4.69, 9.17) is 9.47 Å². The van der Waals surface area contributed by atoms with E-state index in [1.807, 2.05) is 11.8 Å². The standard InChI is InChI=1S/C29H35NO5/c1-2-34-28-15-22(29(33)30-17-25-16-23(30)18-35-25)8-11-26(28)27(32)12-10-24(31)9-7-19-13-20-5-3-4-6-21(20)14-19/h3-6,8,11,15,19,23-25,31H,2,7,9-10,12-14,16-18H2,1H3/t23-,24+,25-/m1/s1. The minimum absolute atomic E-state index is 0.0368. The maximum atomic E-state index is 13.0. The first-order valence-corrected chi connectivity index (χ1v) is 13.0. The Morgan fingerprint density at radius 3 is 2.57 bits per heavy atom. The second-order valence-corrected chi connectivity index (χ2v) is 10.2. The summed E-state index contributed by atoms with van der Waals surface area (Å²) in [5, 5.41) is 10.5. The van der Waals surface area contributed by atoms with Gasteiger partial charge in [-0.25, -0.2) is 0 Å². The van der Waals surface area contributed by atoms with Crippen LogP contribution in [-0.2, 0) is 17.6 Å². The Hall–Kier alpha value is -2.70. The molecule has 2 fully saturated rings. The molecule has 1 aliphatic carbocycles. The number of morpholine rings is 1. The highest BCUT2D eigenvalue weighted by atomic mass is 16.5. The molecule has 6 nitrogen and oxygen atoms in total. The molecule has 3 atom stereocenters. The molecule has 186 valence electrons. The maximum Gasteiger partial charge on any atom is 0.254 e. The smallest absolute Gasteiger partial charge is 0.254 e. The zero-order valence-corrected chi connectivity index (χ0v) is 20.4. The topological polar surface area (TPSA) is 76.1 Å². The summed E-state index contributed by atoms with van der Waals surface area (Å²) in [7, 11) is 0. The first-order chi connectivity index (χ1) is 17.0. The predicted octanol–water partition coefficient (Wildman–Crippen LogP) is 4.22. The summed E-state index contributed by atoms with van der Waals surface area (Å²) in [5.74, 6) is 0.922. The van der Waals surface area contributed by atoms with Gasteiger partial charge in [0.15, 0.2) is 5.78 Å². The number of likely N-dealkylation sites (tertiary alicyclic amines) is 1. The Labute approximate surface area is 207 Å². The molecule has 2 aliphatic heterocycles. The molecule has 2 aromatic carbocycles. The molecule has 2 bridgehead atoms. The Kier molecular flexibility index (Phi) is 7.21. The number of ketones is 1. The molecule has 2 aromatic rings. The molecule has 3 aliphatic rings. The number of carbonyl (C=O) groups excluding carboxylic acids is 2. The second kappa shape index (κ2) is 10.5. The van der Waals surface area contributed by atoms with E-state index in [-0.39, 0.29) is 30.3 Å². The average Bonchev–Trinajstić information content (AvgIpc) is 3.61. The van der Waals surface area contributed by atoms with Crippen molar-refractivity contribution in [2.75, 3.05) is 19.8 Å². The number of aliphatic hydroxyl groups excluding tert-OH is 1. The number of Topliss-reactive ketones (excluding diaryl/α,β-unsaturated/α-hetero) is 1. The van der Waals surface area contributed by atoms with E-state index in [2.05, 4.69) is 24.3 Å². The van der Waals surface area contributed by atoms with Crippen LogP contribution in [0.15, 0.2) is 42.5 Å². The number of ether oxygens (including phenoxy) is 2. The van der Waals surface area contributed by atoms with Gasteiger partial charge in [-0.05, 0) is 80.7 Å². The number of hydrogen-bond donors (Lipinski definition) is 1. The number of aliphatic hydroxyl groups is 1. The van der Waals surface area contributed by atoms with Crippen molar-refractivity contribution in [3.8, 4) is 5.75 Å². The fourth-order valence-corrected chi connectivity index (χ4v) is 5.83. The van der Waals surface area contributed by atoms with Gasteiger partial charge in [-0.3, -0.25) is 9.59 Å². The quantitative estimate of drug-likeness (QED) is 0.519. The maximum absolute atomic E-state index is 13.0. The van der Waals surface area contributed by atoms with Gasteiger partial charge < -0.3 is 19.5 Å². The largest absolute Gasteiger partial charge is 0.493 e. The molecule has 0 unspecified atom stereocenters.